The molecule has 0 atom stereocenters. The van der Waals surface area contributed by atoms with Crippen molar-refractivity contribution in [3.8, 4) is 0 Å². The van der Waals surface area contributed by atoms with Crippen LogP contribution < -0.4 is 5.73 Å². The van der Waals surface area contributed by atoms with Crippen LogP contribution >= 0.6 is 0 Å². The molecule has 0 bridgehead atoms. The lowest BCUT2D eigenvalue weighted by Gasteiger charge is -2.17. The Morgan fingerprint density at radius 1 is 1.44 bits per heavy atom. The van der Waals surface area contributed by atoms with Crippen molar-refractivity contribution >= 4 is 5.78 Å². The van der Waals surface area contributed by atoms with Gasteiger partial charge in [0.1, 0.15) is 0 Å². The SMILES string of the molecule is CC(C)C(=O)C(C)(C)[NH]. The maximum absolute atomic E-state index is 11.0. The molecule has 0 aromatic rings. The van der Waals surface area contributed by atoms with Gasteiger partial charge in [0.25, 0.3) is 0 Å². The first-order valence-corrected chi connectivity index (χ1v) is 3.15. The van der Waals surface area contributed by atoms with Crippen LogP contribution in [-0.2, 0) is 4.79 Å². The minimum Gasteiger partial charge on any atom is -0.297 e. The van der Waals surface area contributed by atoms with Crippen molar-refractivity contribution in [2.24, 2.45) is 5.92 Å². The molecule has 0 aromatic carbocycles. The fourth-order valence-electron chi connectivity index (χ4n) is 0.722. The van der Waals surface area contributed by atoms with E-state index in [1.807, 2.05) is 13.8 Å². The standard InChI is InChI=1S/C7H14NO/c1-5(2)6(9)7(3,4)8/h5,8H,1-4H3. The molecular weight excluding hydrogens is 114 g/mol. The summed E-state index contributed by atoms with van der Waals surface area (Å²) in [6.07, 6.45) is 0. The fourth-order valence-corrected chi connectivity index (χ4v) is 0.722. The molecule has 0 aliphatic rings. The highest BCUT2D eigenvalue weighted by atomic mass is 16.1. The van der Waals surface area contributed by atoms with Crippen molar-refractivity contribution in [2.75, 3.05) is 0 Å². The molecule has 0 rings (SSSR count). The van der Waals surface area contributed by atoms with Crippen molar-refractivity contribution in [1.82, 2.24) is 5.73 Å². The molecule has 0 saturated carbocycles. The summed E-state index contributed by atoms with van der Waals surface area (Å²) in [5.41, 5.74) is 6.41. The summed E-state index contributed by atoms with van der Waals surface area (Å²) in [4.78, 5) is 11.0. The van der Waals surface area contributed by atoms with Gasteiger partial charge in [0.2, 0.25) is 0 Å². The molecule has 2 nitrogen and oxygen atoms in total. The molecule has 1 N–H and O–H groups in total. The van der Waals surface area contributed by atoms with Crippen LogP contribution in [0.3, 0.4) is 0 Å². The molecule has 0 spiro atoms. The van der Waals surface area contributed by atoms with Crippen LogP contribution in [0, 0.1) is 5.92 Å². The van der Waals surface area contributed by atoms with E-state index < -0.39 is 5.54 Å². The molecule has 0 saturated heterocycles. The van der Waals surface area contributed by atoms with E-state index in [0.29, 0.717) is 0 Å². The lowest BCUT2D eigenvalue weighted by atomic mass is 9.92. The number of hydrogen-bond donors (Lipinski definition) is 0. The lowest BCUT2D eigenvalue weighted by Crippen LogP contribution is -2.36. The highest BCUT2D eigenvalue weighted by Crippen LogP contribution is 2.08. The van der Waals surface area contributed by atoms with Crippen molar-refractivity contribution in [2.45, 2.75) is 33.2 Å². The number of carbonyl (C=O) groups is 1. The van der Waals surface area contributed by atoms with Crippen LogP contribution in [0.25, 0.3) is 0 Å². The average Bonchev–Trinajstić information content (AvgIpc) is 1.62. The number of hydrogen-bond acceptors (Lipinski definition) is 1. The van der Waals surface area contributed by atoms with E-state index in [0.717, 1.165) is 0 Å². The van der Waals surface area contributed by atoms with Gasteiger partial charge in [0, 0.05) is 5.92 Å². The van der Waals surface area contributed by atoms with E-state index in [1.165, 1.54) is 0 Å². The predicted octanol–water partition coefficient (Wildman–Crippen LogP) is 1.27. The maximum atomic E-state index is 11.0. The first kappa shape index (κ1) is 8.63. The third-order valence-corrected chi connectivity index (χ3v) is 1.14. The minimum absolute atomic E-state index is 0.00231. The van der Waals surface area contributed by atoms with Crippen LogP contribution in [0.5, 0.6) is 0 Å². The van der Waals surface area contributed by atoms with E-state index >= 15 is 0 Å². The third kappa shape index (κ3) is 2.61. The van der Waals surface area contributed by atoms with Crippen LogP contribution in [0.1, 0.15) is 27.7 Å². The van der Waals surface area contributed by atoms with Gasteiger partial charge in [0.05, 0.1) is 5.54 Å². The molecule has 0 aromatic heterocycles. The Balaban J connectivity index is 4.06. The van der Waals surface area contributed by atoms with Gasteiger partial charge < -0.3 is 0 Å². The molecule has 2 heteroatoms. The second kappa shape index (κ2) is 2.48. The van der Waals surface area contributed by atoms with E-state index in [-0.39, 0.29) is 11.7 Å². The second-order valence-corrected chi connectivity index (χ2v) is 3.14. The Bertz CT molecular complexity index is 111. The zero-order chi connectivity index (χ0) is 7.65. The van der Waals surface area contributed by atoms with Crippen molar-refractivity contribution in [3.63, 3.8) is 0 Å². The van der Waals surface area contributed by atoms with Crippen LogP contribution in [0.2, 0.25) is 0 Å². The van der Waals surface area contributed by atoms with E-state index in [9.17, 15) is 4.79 Å². The molecule has 53 valence electrons. The highest BCUT2D eigenvalue weighted by Gasteiger charge is 2.24. The Morgan fingerprint density at radius 3 is 1.78 bits per heavy atom. The zero-order valence-corrected chi connectivity index (χ0v) is 6.49. The Hall–Kier alpha value is -0.370. The smallest absolute Gasteiger partial charge is 0.156 e. The average molecular weight is 128 g/mol. The third-order valence-electron chi connectivity index (χ3n) is 1.14. The molecule has 1 radical (unpaired) electrons. The first-order chi connectivity index (χ1) is 3.85. The van der Waals surface area contributed by atoms with Crippen LogP contribution in [0.4, 0.5) is 0 Å². The molecule has 0 unspecified atom stereocenters. The topological polar surface area (TPSA) is 40.9 Å². The van der Waals surface area contributed by atoms with E-state index in [1.54, 1.807) is 13.8 Å². The molecular formula is C7H14NO. The van der Waals surface area contributed by atoms with Gasteiger partial charge in [-0.05, 0) is 13.8 Å². The Morgan fingerprint density at radius 2 is 1.78 bits per heavy atom. The zero-order valence-electron chi connectivity index (χ0n) is 6.49. The molecule has 9 heavy (non-hydrogen) atoms. The van der Waals surface area contributed by atoms with Gasteiger partial charge in [-0.25, -0.2) is 5.73 Å². The molecule has 0 heterocycles. The van der Waals surface area contributed by atoms with Gasteiger partial charge in [-0.1, -0.05) is 13.8 Å². The first-order valence-electron chi connectivity index (χ1n) is 3.15. The molecule has 0 amide bonds. The summed E-state index contributed by atoms with van der Waals surface area (Å²) in [6.45, 7) is 6.88. The summed E-state index contributed by atoms with van der Waals surface area (Å²) in [5, 5.41) is 0. The minimum atomic E-state index is -0.909. The van der Waals surface area contributed by atoms with Gasteiger partial charge in [-0.15, -0.1) is 0 Å². The Kier molecular flexibility index (Phi) is 2.38. The number of carbonyl (C=O) groups excluding carboxylic acids is 1. The quantitative estimate of drug-likeness (QED) is 0.552. The highest BCUT2D eigenvalue weighted by molar-refractivity contribution is 5.88. The van der Waals surface area contributed by atoms with Gasteiger partial charge in [-0.2, -0.15) is 0 Å². The van der Waals surface area contributed by atoms with Gasteiger partial charge in [-0.3, -0.25) is 4.79 Å². The number of rotatable bonds is 2. The fraction of sp³-hybridized carbons (Fsp3) is 0.857. The van der Waals surface area contributed by atoms with Gasteiger partial charge >= 0.3 is 0 Å². The summed E-state index contributed by atoms with van der Waals surface area (Å²) < 4.78 is 0. The number of ketones is 1. The van der Waals surface area contributed by atoms with Crippen LogP contribution in [-0.4, -0.2) is 11.3 Å². The van der Waals surface area contributed by atoms with Crippen molar-refractivity contribution in [3.05, 3.63) is 0 Å². The monoisotopic (exact) mass is 128 g/mol. The predicted molar refractivity (Wildman–Crippen MR) is 37.0 cm³/mol. The second-order valence-electron chi connectivity index (χ2n) is 3.14. The Labute approximate surface area is 56.4 Å². The van der Waals surface area contributed by atoms with Crippen molar-refractivity contribution in [1.29, 1.82) is 0 Å². The van der Waals surface area contributed by atoms with E-state index in [4.69, 9.17) is 5.73 Å². The summed E-state index contributed by atoms with van der Waals surface area (Å²) in [7, 11) is 0. The number of Topliss-reactive ketones (excluding diaryl/α,β-unsaturated/α-hetero) is 1. The number of nitrogens with one attached hydrogen (secondary N) is 1. The summed E-state index contributed by atoms with van der Waals surface area (Å²) >= 11 is 0. The summed E-state index contributed by atoms with van der Waals surface area (Å²) in [6, 6.07) is 0. The maximum Gasteiger partial charge on any atom is 0.156 e. The van der Waals surface area contributed by atoms with Gasteiger partial charge in [0.15, 0.2) is 5.78 Å². The molecule has 0 fully saturated rings. The molecule has 0 aliphatic heterocycles. The van der Waals surface area contributed by atoms with Crippen molar-refractivity contribution < 1.29 is 4.79 Å². The van der Waals surface area contributed by atoms with Crippen LogP contribution in [0.15, 0.2) is 0 Å². The lowest BCUT2D eigenvalue weighted by molar-refractivity contribution is -0.126. The summed E-state index contributed by atoms with van der Waals surface area (Å²) in [5.74, 6) is -0.0139. The normalized spacial score (nSPS) is 12.2. The molecule has 0 aliphatic carbocycles. The van der Waals surface area contributed by atoms with E-state index in [2.05, 4.69) is 0 Å². The largest absolute Gasteiger partial charge is 0.297 e.